The van der Waals surface area contributed by atoms with Gasteiger partial charge in [-0.05, 0) is 24.6 Å². The zero-order chi connectivity index (χ0) is 11.0. The lowest BCUT2D eigenvalue weighted by atomic mass is 10.2. The predicted molar refractivity (Wildman–Crippen MR) is 63.8 cm³/mol. The van der Waals surface area contributed by atoms with Gasteiger partial charge in [-0.3, -0.25) is 0 Å². The third-order valence-corrected chi connectivity index (χ3v) is 3.02. The number of anilines is 1. The van der Waals surface area contributed by atoms with E-state index in [1.54, 1.807) is 0 Å². The molecular weight excluding hydrogens is 202 g/mol. The Morgan fingerprint density at radius 3 is 2.94 bits per heavy atom. The minimum absolute atomic E-state index is 0.913. The summed E-state index contributed by atoms with van der Waals surface area (Å²) in [4.78, 5) is 2.25. The second-order valence-corrected chi connectivity index (χ2v) is 4.25. The second kappa shape index (κ2) is 3.79. The van der Waals surface area contributed by atoms with Crippen LogP contribution < -0.4 is 10.2 Å². The van der Waals surface area contributed by atoms with Gasteiger partial charge in [0.05, 0.1) is 5.39 Å². The molecular formula is C12H15N3O. The SMILES string of the molecule is Cc1ccc2c(N3CCNCC3)onc2c1. The van der Waals surface area contributed by atoms with Crippen LogP contribution in [0.1, 0.15) is 5.56 Å². The van der Waals surface area contributed by atoms with E-state index in [-0.39, 0.29) is 0 Å². The summed E-state index contributed by atoms with van der Waals surface area (Å²) in [6.07, 6.45) is 0. The Labute approximate surface area is 94.2 Å². The smallest absolute Gasteiger partial charge is 0.235 e. The summed E-state index contributed by atoms with van der Waals surface area (Å²) in [7, 11) is 0. The molecule has 2 heterocycles. The van der Waals surface area contributed by atoms with Gasteiger partial charge in [0, 0.05) is 26.2 Å². The van der Waals surface area contributed by atoms with Gasteiger partial charge in [-0.15, -0.1) is 0 Å². The summed E-state index contributed by atoms with van der Waals surface area (Å²) in [5.41, 5.74) is 2.17. The van der Waals surface area contributed by atoms with Gasteiger partial charge in [0.1, 0.15) is 5.52 Å². The quantitative estimate of drug-likeness (QED) is 0.786. The molecule has 16 heavy (non-hydrogen) atoms. The van der Waals surface area contributed by atoms with E-state index >= 15 is 0 Å². The molecule has 84 valence electrons. The Morgan fingerprint density at radius 2 is 2.12 bits per heavy atom. The van der Waals surface area contributed by atoms with Crippen LogP contribution in [0.4, 0.5) is 5.88 Å². The van der Waals surface area contributed by atoms with Gasteiger partial charge in [0.25, 0.3) is 0 Å². The lowest BCUT2D eigenvalue weighted by Crippen LogP contribution is -2.43. The topological polar surface area (TPSA) is 41.3 Å². The molecule has 1 saturated heterocycles. The largest absolute Gasteiger partial charge is 0.338 e. The van der Waals surface area contributed by atoms with Crippen molar-refractivity contribution in [2.45, 2.75) is 6.92 Å². The maximum Gasteiger partial charge on any atom is 0.235 e. The van der Waals surface area contributed by atoms with Crippen molar-refractivity contribution in [2.24, 2.45) is 0 Å². The lowest BCUT2D eigenvalue weighted by molar-refractivity contribution is 0.414. The van der Waals surface area contributed by atoms with Crippen LogP contribution in [0.25, 0.3) is 10.9 Å². The van der Waals surface area contributed by atoms with Gasteiger partial charge in [0.15, 0.2) is 0 Å². The summed E-state index contributed by atoms with van der Waals surface area (Å²) in [5.74, 6) is 0.913. The average Bonchev–Trinajstić information content (AvgIpc) is 2.73. The highest BCUT2D eigenvalue weighted by atomic mass is 16.5. The van der Waals surface area contributed by atoms with E-state index in [1.807, 2.05) is 0 Å². The van der Waals surface area contributed by atoms with Crippen molar-refractivity contribution in [2.75, 3.05) is 31.1 Å². The van der Waals surface area contributed by atoms with Crippen molar-refractivity contribution < 1.29 is 4.52 Å². The van der Waals surface area contributed by atoms with Crippen molar-refractivity contribution in [3.05, 3.63) is 23.8 Å². The molecule has 1 aliphatic rings. The van der Waals surface area contributed by atoms with E-state index in [1.165, 1.54) is 5.56 Å². The molecule has 1 aromatic carbocycles. The number of benzene rings is 1. The average molecular weight is 217 g/mol. The number of piperazine rings is 1. The zero-order valence-corrected chi connectivity index (χ0v) is 9.36. The Kier molecular flexibility index (Phi) is 2.29. The Morgan fingerprint density at radius 1 is 1.31 bits per heavy atom. The highest BCUT2D eigenvalue weighted by Gasteiger charge is 2.17. The number of aromatic nitrogens is 1. The molecule has 0 aliphatic carbocycles. The first-order chi connectivity index (χ1) is 7.84. The van der Waals surface area contributed by atoms with Crippen LogP contribution >= 0.6 is 0 Å². The van der Waals surface area contributed by atoms with E-state index in [9.17, 15) is 0 Å². The summed E-state index contributed by atoms with van der Waals surface area (Å²) < 4.78 is 5.46. The molecule has 0 radical (unpaired) electrons. The summed E-state index contributed by atoms with van der Waals surface area (Å²) in [6, 6.07) is 6.26. The van der Waals surface area contributed by atoms with Crippen LogP contribution in [0.2, 0.25) is 0 Å². The number of nitrogens with one attached hydrogen (secondary N) is 1. The van der Waals surface area contributed by atoms with Crippen LogP contribution in [-0.4, -0.2) is 31.3 Å². The Bertz CT molecular complexity index is 500. The molecule has 0 atom stereocenters. The zero-order valence-electron chi connectivity index (χ0n) is 9.36. The minimum atomic E-state index is 0.913. The normalized spacial score (nSPS) is 16.9. The van der Waals surface area contributed by atoms with Crippen molar-refractivity contribution in [1.82, 2.24) is 10.5 Å². The molecule has 1 aliphatic heterocycles. The van der Waals surface area contributed by atoms with E-state index in [2.05, 4.69) is 40.5 Å². The van der Waals surface area contributed by atoms with E-state index in [4.69, 9.17) is 4.52 Å². The lowest BCUT2D eigenvalue weighted by Gasteiger charge is -2.26. The molecule has 4 heteroatoms. The first-order valence-electron chi connectivity index (χ1n) is 5.66. The molecule has 0 amide bonds. The minimum Gasteiger partial charge on any atom is -0.338 e. The summed E-state index contributed by atoms with van der Waals surface area (Å²) in [5, 5.41) is 8.57. The van der Waals surface area contributed by atoms with E-state index in [0.717, 1.165) is 43.0 Å². The van der Waals surface area contributed by atoms with Crippen molar-refractivity contribution in [3.8, 4) is 0 Å². The van der Waals surface area contributed by atoms with Gasteiger partial charge in [0.2, 0.25) is 5.88 Å². The second-order valence-electron chi connectivity index (χ2n) is 4.25. The highest BCUT2D eigenvalue weighted by Crippen LogP contribution is 2.27. The number of nitrogens with zero attached hydrogens (tertiary/aromatic N) is 2. The molecule has 1 aromatic heterocycles. The standard InChI is InChI=1S/C12H15N3O/c1-9-2-3-10-11(8-9)14-16-12(10)15-6-4-13-5-7-15/h2-3,8,13H,4-7H2,1H3. The molecule has 0 unspecified atom stereocenters. The van der Waals surface area contributed by atoms with Crippen LogP contribution in [0.3, 0.4) is 0 Å². The molecule has 4 nitrogen and oxygen atoms in total. The van der Waals surface area contributed by atoms with Crippen molar-refractivity contribution in [3.63, 3.8) is 0 Å². The number of fused-ring (bicyclic) bond motifs is 1. The van der Waals surface area contributed by atoms with Gasteiger partial charge in [-0.25, -0.2) is 0 Å². The maximum atomic E-state index is 5.46. The molecule has 0 bridgehead atoms. The molecule has 3 rings (SSSR count). The number of hydrogen-bond donors (Lipinski definition) is 1. The van der Waals surface area contributed by atoms with E-state index in [0.29, 0.717) is 0 Å². The number of aryl methyl sites for hydroxylation is 1. The molecule has 0 spiro atoms. The van der Waals surface area contributed by atoms with Gasteiger partial charge < -0.3 is 14.7 Å². The Balaban J connectivity index is 2.03. The number of rotatable bonds is 1. The van der Waals surface area contributed by atoms with Crippen LogP contribution in [-0.2, 0) is 0 Å². The maximum absolute atomic E-state index is 5.46. The third kappa shape index (κ3) is 1.55. The molecule has 1 fully saturated rings. The fourth-order valence-electron chi connectivity index (χ4n) is 2.14. The van der Waals surface area contributed by atoms with E-state index < -0.39 is 0 Å². The first kappa shape index (κ1) is 9.66. The summed E-state index contributed by atoms with van der Waals surface area (Å²) >= 11 is 0. The fourth-order valence-corrected chi connectivity index (χ4v) is 2.14. The van der Waals surface area contributed by atoms with Gasteiger partial charge in [-0.1, -0.05) is 11.2 Å². The molecule has 0 saturated carbocycles. The van der Waals surface area contributed by atoms with Crippen LogP contribution in [0, 0.1) is 6.92 Å². The predicted octanol–water partition coefficient (Wildman–Crippen LogP) is 1.55. The van der Waals surface area contributed by atoms with Crippen LogP contribution in [0.15, 0.2) is 22.7 Å². The van der Waals surface area contributed by atoms with Crippen molar-refractivity contribution >= 4 is 16.8 Å². The fraction of sp³-hybridized carbons (Fsp3) is 0.417. The third-order valence-electron chi connectivity index (χ3n) is 3.02. The molecule has 1 N–H and O–H groups in total. The van der Waals surface area contributed by atoms with Crippen LogP contribution in [0.5, 0.6) is 0 Å². The number of hydrogen-bond acceptors (Lipinski definition) is 4. The monoisotopic (exact) mass is 217 g/mol. The molecule has 2 aromatic rings. The first-order valence-corrected chi connectivity index (χ1v) is 5.66. The van der Waals surface area contributed by atoms with Crippen molar-refractivity contribution in [1.29, 1.82) is 0 Å². The van der Waals surface area contributed by atoms with Gasteiger partial charge in [-0.2, -0.15) is 0 Å². The summed E-state index contributed by atoms with van der Waals surface area (Å²) in [6.45, 7) is 6.05. The van der Waals surface area contributed by atoms with Gasteiger partial charge >= 0.3 is 0 Å². The Hall–Kier alpha value is -1.55. The highest BCUT2D eigenvalue weighted by molar-refractivity contribution is 5.89.